The number of hydrogen-bond acceptors (Lipinski definition) is 3. The largest absolute Gasteiger partial charge is 0.377 e. The number of allylic oxidation sites excluding steroid dienone is 1. The Morgan fingerprint density at radius 1 is 1.29 bits per heavy atom. The van der Waals surface area contributed by atoms with Gasteiger partial charge in [-0.1, -0.05) is 41.6 Å². The lowest BCUT2D eigenvalue weighted by Gasteiger charge is -1.94. The van der Waals surface area contributed by atoms with E-state index >= 15 is 0 Å². The molecule has 0 aliphatic heterocycles. The lowest BCUT2D eigenvalue weighted by atomic mass is 10.2. The molecule has 0 bridgehead atoms. The van der Waals surface area contributed by atoms with Gasteiger partial charge in [-0.25, -0.2) is 0 Å². The minimum atomic E-state index is 0.448. The summed E-state index contributed by atoms with van der Waals surface area (Å²) in [5, 5.41) is 8.99. The van der Waals surface area contributed by atoms with Crippen LogP contribution in [0, 0.1) is 0 Å². The van der Waals surface area contributed by atoms with E-state index in [1.807, 2.05) is 49.6 Å². The second-order valence-electron chi connectivity index (χ2n) is 3.27. The number of thioether (sulfide) groups is 1. The highest BCUT2D eigenvalue weighted by Gasteiger charge is 1.89. The first kappa shape index (κ1) is 13.8. The molecule has 0 heterocycles. The average molecular weight is 268 g/mol. The predicted molar refractivity (Wildman–Crippen MR) is 78.7 cm³/mol. The number of nitrogens with two attached hydrogens (primary N) is 1. The van der Waals surface area contributed by atoms with Crippen LogP contribution in [0.15, 0.2) is 40.5 Å². The predicted octanol–water partition coefficient (Wildman–Crippen LogP) is 3.41. The van der Waals surface area contributed by atoms with Crippen molar-refractivity contribution in [3.05, 3.63) is 40.9 Å². The summed E-state index contributed by atoms with van der Waals surface area (Å²) < 4.78 is 0. The molecule has 0 aliphatic carbocycles. The van der Waals surface area contributed by atoms with Crippen molar-refractivity contribution in [2.45, 2.75) is 6.92 Å². The third kappa shape index (κ3) is 5.56. The molecular weight excluding hydrogens is 254 g/mol. The van der Waals surface area contributed by atoms with Gasteiger partial charge in [0.25, 0.3) is 0 Å². The lowest BCUT2D eigenvalue weighted by molar-refractivity contribution is 1.23. The zero-order valence-corrected chi connectivity index (χ0v) is 11.3. The zero-order valence-electron chi connectivity index (χ0n) is 9.72. The van der Waals surface area contributed by atoms with Gasteiger partial charge in [0.05, 0.1) is 5.71 Å². The Morgan fingerprint density at radius 2 is 1.94 bits per heavy atom. The first-order valence-corrected chi connectivity index (χ1v) is 6.57. The Morgan fingerprint density at radius 3 is 2.53 bits per heavy atom. The van der Waals surface area contributed by atoms with Gasteiger partial charge in [-0.15, -0.1) is 5.10 Å². The molecule has 1 aromatic rings. The van der Waals surface area contributed by atoms with Crippen LogP contribution in [0.4, 0.5) is 0 Å². The van der Waals surface area contributed by atoms with Gasteiger partial charge in [0.15, 0.2) is 5.17 Å². The van der Waals surface area contributed by atoms with Gasteiger partial charge in [-0.3, -0.25) is 0 Å². The molecule has 5 heteroatoms. The maximum atomic E-state index is 5.79. The molecule has 1 rings (SSSR count). The van der Waals surface area contributed by atoms with Crippen LogP contribution in [0.2, 0.25) is 5.02 Å². The van der Waals surface area contributed by atoms with Crippen molar-refractivity contribution in [3.8, 4) is 0 Å². The molecule has 0 aliphatic rings. The molecule has 0 aromatic heterocycles. The van der Waals surface area contributed by atoms with Crippen molar-refractivity contribution in [2.75, 3.05) is 6.26 Å². The van der Waals surface area contributed by atoms with E-state index in [0.29, 0.717) is 5.17 Å². The smallest absolute Gasteiger partial charge is 0.180 e. The van der Waals surface area contributed by atoms with Gasteiger partial charge in [-0.05, 0) is 37.0 Å². The number of nitrogens with zero attached hydrogens (tertiary/aromatic N) is 2. The van der Waals surface area contributed by atoms with Gasteiger partial charge in [0, 0.05) is 5.02 Å². The van der Waals surface area contributed by atoms with Crippen LogP contribution >= 0.6 is 23.4 Å². The quantitative estimate of drug-likeness (QED) is 0.518. The van der Waals surface area contributed by atoms with Crippen LogP contribution in [0.1, 0.15) is 12.5 Å². The van der Waals surface area contributed by atoms with Gasteiger partial charge < -0.3 is 5.73 Å². The molecule has 0 saturated heterocycles. The molecular formula is C12H14ClN3S. The van der Waals surface area contributed by atoms with E-state index in [4.69, 9.17) is 17.3 Å². The zero-order chi connectivity index (χ0) is 12.7. The molecule has 90 valence electrons. The van der Waals surface area contributed by atoms with Gasteiger partial charge in [0.1, 0.15) is 0 Å². The highest BCUT2D eigenvalue weighted by atomic mass is 35.5. The normalized spacial score (nSPS) is 13.4. The maximum Gasteiger partial charge on any atom is 0.180 e. The molecule has 1 aromatic carbocycles. The lowest BCUT2D eigenvalue weighted by Crippen LogP contribution is -2.04. The molecule has 0 atom stereocenters. The van der Waals surface area contributed by atoms with Crippen molar-refractivity contribution >= 4 is 40.3 Å². The van der Waals surface area contributed by atoms with Gasteiger partial charge in [0.2, 0.25) is 0 Å². The standard InChI is InChI=1S/C12H14ClN3S/c1-9(15-16-12(14)17-2)3-4-10-5-7-11(13)8-6-10/h3-8H,1-2H3,(H2,14,16)/b4-3+,15-9+. The Labute approximate surface area is 110 Å². The van der Waals surface area contributed by atoms with Crippen molar-refractivity contribution in [1.29, 1.82) is 0 Å². The SMILES string of the molecule is CS\C(N)=N/N=C(C)/C=C/c1ccc(Cl)cc1. The van der Waals surface area contributed by atoms with E-state index in [0.717, 1.165) is 16.3 Å². The van der Waals surface area contributed by atoms with Crippen molar-refractivity contribution in [1.82, 2.24) is 0 Å². The second-order valence-corrected chi connectivity index (χ2v) is 4.53. The van der Waals surface area contributed by atoms with E-state index in [9.17, 15) is 0 Å². The van der Waals surface area contributed by atoms with Crippen LogP contribution in [0.25, 0.3) is 6.08 Å². The topological polar surface area (TPSA) is 50.7 Å². The number of benzene rings is 1. The number of halogens is 1. The molecule has 0 spiro atoms. The molecule has 0 saturated carbocycles. The highest BCUT2D eigenvalue weighted by molar-refractivity contribution is 8.13. The average Bonchev–Trinajstić information content (AvgIpc) is 2.35. The summed E-state index contributed by atoms with van der Waals surface area (Å²) in [6, 6.07) is 7.56. The molecule has 17 heavy (non-hydrogen) atoms. The summed E-state index contributed by atoms with van der Waals surface area (Å²) in [7, 11) is 0. The minimum Gasteiger partial charge on any atom is -0.377 e. The summed E-state index contributed by atoms with van der Waals surface area (Å²) in [6.07, 6.45) is 5.67. The summed E-state index contributed by atoms with van der Waals surface area (Å²) >= 11 is 7.16. The Hall–Kier alpha value is -1.26. The van der Waals surface area contributed by atoms with E-state index < -0.39 is 0 Å². The van der Waals surface area contributed by atoms with E-state index in [2.05, 4.69) is 10.2 Å². The van der Waals surface area contributed by atoms with Crippen LogP contribution in [-0.4, -0.2) is 17.1 Å². The van der Waals surface area contributed by atoms with Crippen molar-refractivity contribution in [2.24, 2.45) is 15.9 Å². The fraction of sp³-hybridized carbons (Fsp3) is 0.167. The summed E-state index contributed by atoms with van der Waals surface area (Å²) in [4.78, 5) is 0. The summed E-state index contributed by atoms with van der Waals surface area (Å²) in [6.45, 7) is 1.86. The van der Waals surface area contributed by atoms with Crippen LogP contribution < -0.4 is 5.73 Å². The first-order chi connectivity index (χ1) is 8.11. The fourth-order valence-corrected chi connectivity index (χ4v) is 1.24. The number of amidine groups is 1. The molecule has 2 N–H and O–H groups in total. The maximum absolute atomic E-state index is 5.79. The van der Waals surface area contributed by atoms with E-state index in [1.165, 1.54) is 11.8 Å². The van der Waals surface area contributed by atoms with E-state index in [1.54, 1.807) is 0 Å². The third-order valence-corrected chi connectivity index (χ3v) is 2.65. The Balaban J connectivity index is 2.68. The van der Waals surface area contributed by atoms with E-state index in [-0.39, 0.29) is 0 Å². The Bertz CT molecular complexity index is 449. The van der Waals surface area contributed by atoms with Crippen LogP contribution in [-0.2, 0) is 0 Å². The van der Waals surface area contributed by atoms with Gasteiger partial charge >= 0.3 is 0 Å². The molecule has 0 unspecified atom stereocenters. The number of hydrogen-bond donors (Lipinski definition) is 1. The molecule has 0 fully saturated rings. The summed E-state index contributed by atoms with van der Waals surface area (Å²) in [5.41, 5.74) is 7.36. The van der Waals surface area contributed by atoms with Crippen LogP contribution in [0.3, 0.4) is 0 Å². The van der Waals surface area contributed by atoms with Crippen molar-refractivity contribution < 1.29 is 0 Å². The van der Waals surface area contributed by atoms with Gasteiger partial charge in [-0.2, -0.15) is 5.10 Å². The highest BCUT2D eigenvalue weighted by Crippen LogP contribution is 2.10. The fourth-order valence-electron chi connectivity index (χ4n) is 0.993. The molecule has 0 radical (unpaired) electrons. The minimum absolute atomic E-state index is 0.448. The molecule has 0 amide bonds. The van der Waals surface area contributed by atoms with Crippen LogP contribution in [0.5, 0.6) is 0 Å². The second kappa shape index (κ2) is 7.14. The van der Waals surface area contributed by atoms with Crippen molar-refractivity contribution in [3.63, 3.8) is 0 Å². The third-order valence-electron chi connectivity index (χ3n) is 1.90. The monoisotopic (exact) mass is 267 g/mol. The number of rotatable bonds is 3. The first-order valence-electron chi connectivity index (χ1n) is 4.97. The summed E-state index contributed by atoms with van der Waals surface area (Å²) in [5.74, 6) is 0. The molecule has 3 nitrogen and oxygen atoms in total. The Kier molecular flexibility index (Phi) is 5.80.